The van der Waals surface area contributed by atoms with Crippen molar-refractivity contribution in [3.8, 4) is 11.4 Å². The average Bonchev–Trinajstić information content (AvgIpc) is 3.21. The van der Waals surface area contributed by atoms with Gasteiger partial charge in [0.1, 0.15) is 17.7 Å². The van der Waals surface area contributed by atoms with Crippen LogP contribution in [0.5, 0.6) is 5.75 Å². The summed E-state index contributed by atoms with van der Waals surface area (Å²) < 4.78 is 59.6. The first kappa shape index (κ1) is 24.5. The van der Waals surface area contributed by atoms with Crippen molar-refractivity contribution < 1.29 is 27.1 Å². The van der Waals surface area contributed by atoms with Crippen LogP contribution in [0.15, 0.2) is 66.9 Å². The first-order chi connectivity index (χ1) is 16.5. The number of rotatable bonds is 6. The molecular weight excluding hydrogens is 486 g/mol. The summed E-state index contributed by atoms with van der Waals surface area (Å²) in [6.45, 7) is 3.19. The Morgan fingerprint density at radius 3 is 2.46 bits per heavy atom. The van der Waals surface area contributed by atoms with Crippen LogP contribution < -0.4 is 10.1 Å². The number of aryl methyl sites for hydroxylation is 1. The third-order valence-corrected chi connectivity index (χ3v) is 5.72. The number of benzene rings is 3. The van der Waals surface area contributed by atoms with E-state index < -0.39 is 24.2 Å². The number of halogens is 5. The van der Waals surface area contributed by atoms with Crippen LogP contribution >= 0.6 is 11.6 Å². The van der Waals surface area contributed by atoms with Crippen LogP contribution in [0.4, 0.5) is 17.6 Å². The number of amides is 1. The second kappa shape index (κ2) is 9.58. The van der Waals surface area contributed by atoms with Gasteiger partial charge in [0, 0.05) is 10.4 Å². The Kier molecular flexibility index (Phi) is 6.71. The molecule has 1 N–H and O–H groups in total. The van der Waals surface area contributed by atoms with Crippen molar-refractivity contribution in [2.45, 2.75) is 32.2 Å². The zero-order chi connectivity index (χ0) is 25.3. The Balaban J connectivity index is 1.67. The van der Waals surface area contributed by atoms with Crippen molar-refractivity contribution in [3.63, 3.8) is 0 Å². The molecule has 10 heteroatoms. The van der Waals surface area contributed by atoms with Gasteiger partial charge in [0.25, 0.3) is 0 Å². The maximum Gasteiger partial charge on any atom is 0.471 e. The lowest BCUT2D eigenvalue weighted by atomic mass is 9.98. The minimum Gasteiger partial charge on any atom is -0.484 e. The van der Waals surface area contributed by atoms with Gasteiger partial charge in [0.05, 0.1) is 23.4 Å². The van der Waals surface area contributed by atoms with E-state index in [1.165, 1.54) is 19.1 Å². The molecule has 0 radical (unpaired) electrons. The van der Waals surface area contributed by atoms with Crippen LogP contribution in [0.2, 0.25) is 5.02 Å². The number of ether oxygens (including phenoxy) is 1. The molecule has 0 aliphatic heterocycles. The third kappa shape index (κ3) is 5.40. The molecule has 3 aromatic carbocycles. The second-order valence-corrected chi connectivity index (χ2v) is 8.49. The summed E-state index contributed by atoms with van der Waals surface area (Å²) in [4.78, 5) is 11.6. The molecular formula is C25H20ClF4N3O2. The predicted molar refractivity (Wildman–Crippen MR) is 124 cm³/mol. The Hall–Kier alpha value is -3.59. The molecule has 1 unspecified atom stereocenters. The molecule has 4 aromatic rings. The van der Waals surface area contributed by atoms with Gasteiger partial charge in [-0.3, -0.25) is 4.79 Å². The van der Waals surface area contributed by atoms with Crippen LogP contribution in [-0.4, -0.2) is 27.9 Å². The zero-order valence-electron chi connectivity index (χ0n) is 18.6. The highest BCUT2D eigenvalue weighted by Crippen LogP contribution is 2.32. The molecule has 0 spiro atoms. The Bertz CT molecular complexity index is 1370. The van der Waals surface area contributed by atoms with Crippen LogP contribution in [0, 0.1) is 12.7 Å². The highest BCUT2D eigenvalue weighted by atomic mass is 35.5. The van der Waals surface area contributed by atoms with Gasteiger partial charge in [-0.2, -0.15) is 18.3 Å². The zero-order valence-corrected chi connectivity index (χ0v) is 19.4. The van der Waals surface area contributed by atoms with Gasteiger partial charge in [0.15, 0.2) is 0 Å². The van der Waals surface area contributed by atoms with Crippen molar-refractivity contribution in [1.29, 1.82) is 0 Å². The topological polar surface area (TPSA) is 56.1 Å². The molecule has 0 saturated carbocycles. The van der Waals surface area contributed by atoms with Gasteiger partial charge in [-0.15, -0.1) is 0 Å². The van der Waals surface area contributed by atoms with Gasteiger partial charge in [-0.05, 0) is 79.6 Å². The molecule has 0 fully saturated rings. The molecule has 0 saturated heterocycles. The van der Waals surface area contributed by atoms with E-state index in [9.17, 15) is 22.4 Å². The van der Waals surface area contributed by atoms with E-state index in [-0.39, 0.29) is 5.82 Å². The monoisotopic (exact) mass is 505 g/mol. The number of nitrogens with zero attached hydrogens (tertiary/aromatic N) is 2. The lowest BCUT2D eigenvalue weighted by Gasteiger charge is -2.28. The Morgan fingerprint density at radius 1 is 1.09 bits per heavy atom. The van der Waals surface area contributed by atoms with Crippen LogP contribution in [0.3, 0.4) is 0 Å². The SMILES string of the molecule is Cc1cc(Cl)ccc1[C@@H](Oc1ccc2c(cnn2-c2ccc(F)cc2)c1)C(C)NC(=O)C(F)(F)F. The van der Waals surface area contributed by atoms with Crippen molar-refractivity contribution >= 4 is 28.4 Å². The molecule has 5 nitrogen and oxygen atoms in total. The summed E-state index contributed by atoms with van der Waals surface area (Å²) in [7, 11) is 0. The first-order valence-electron chi connectivity index (χ1n) is 10.6. The average molecular weight is 506 g/mol. The summed E-state index contributed by atoms with van der Waals surface area (Å²) >= 11 is 6.04. The van der Waals surface area contributed by atoms with E-state index in [0.717, 1.165) is 5.52 Å². The fourth-order valence-corrected chi connectivity index (χ4v) is 4.00. The Morgan fingerprint density at radius 2 is 1.80 bits per heavy atom. The van der Waals surface area contributed by atoms with Crippen molar-refractivity contribution in [2.24, 2.45) is 0 Å². The van der Waals surface area contributed by atoms with Crippen molar-refractivity contribution in [1.82, 2.24) is 15.1 Å². The standard InChI is InChI=1S/C25H20ClF4N3O2/c1-14-11-17(26)3-9-21(14)23(15(2)32-24(34)25(28,29)30)35-20-8-10-22-16(12-20)13-31-33(22)19-6-4-18(27)5-7-19/h3-13,15,23H,1-2H3,(H,32,34)/t15?,23-/m0/s1. The molecule has 1 amide bonds. The van der Waals surface area contributed by atoms with Gasteiger partial charge >= 0.3 is 12.1 Å². The fraction of sp³-hybridized carbons (Fsp3) is 0.200. The quantitative estimate of drug-likeness (QED) is 0.312. The van der Waals surface area contributed by atoms with Crippen molar-refractivity contribution in [2.75, 3.05) is 0 Å². The summed E-state index contributed by atoms with van der Waals surface area (Å²) in [5, 5.41) is 7.48. The number of carbonyl (C=O) groups excluding carboxylic acids is 1. The lowest BCUT2D eigenvalue weighted by Crippen LogP contribution is -2.45. The highest BCUT2D eigenvalue weighted by Gasteiger charge is 2.40. The van der Waals surface area contributed by atoms with Crippen molar-refractivity contribution in [3.05, 3.63) is 88.8 Å². The molecule has 4 rings (SSSR count). The van der Waals surface area contributed by atoms with Gasteiger partial charge < -0.3 is 10.1 Å². The van der Waals surface area contributed by atoms with Gasteiger partial charge in [-0.1, -0.05) is 17.7 Å². The predicted octanol–water partition coefficient (Wildman–Crippen LogP) is 6.31. The van der Waals surface area contributed by atoms with Gasteiger partial charge in [0.2, 0.25) is 0 Å². The lowest BCUT2D eigenvalue weighted by molar-refractivity contribution is -0.174. The van der Waals surface area contributed by atoms with E-state index in [1.807, 2.05) is 5.32 Å². The molecule has 1 heterocycles. The number of alkyl halides is 3. The Labute approximate surface area is 203 Å². The van der Waals surface area contributed by atoms with E-state index >= 15 is 0 Å². The van der Waals surface area contributed by atoms with E-state index in [1.54, 1.807) is 66.3 Å². The first-order valence-corrected chi connectivity index (χ1v) is 10.9. The number of nitrogens with one attached hydrogen (secondary N) is 1. The van der Waals surface area contributed by atoms with Crippen LogP contribution in [0.1, 0.15) is 24.2 Å². The van der Waals surface area contributed by atoms with Crippen LogP contribution in [0.25, 0.3) is 16.6 Å². The minimum atomic E-state index is -5.03. The number of carbonyl (C=O) groups is 1. The molecule has 1 aromatic heterocycles. The summed E-state index contributed by atoms with van der Waals surface area (Å²) in [6, 6.07) is 14.8. The molecule has 2 atom stereocenters. The summed E-state index contributed by atoms with van der Waals surface area (Å²) in [5.41, 5.74) is 2.65. The highest BCUT2D eigenvalue weighted by molar-refractivity contribution is 6.30. The second-order valence-electron chi connectivity index (χ2n) is 8.05. The van der Waals surface area contributed by atoms with Gasteiger partial charge in [-0.25, -0.2) is 9.07 Å². The van der Waals surface area contributed by atoms with E-state index in [2.05, 4.69) is 5.10 Å². The van der Waals surface area contributed by atoms with E-state index in [0.29, 0.717) is 33.0 Å². The fourth-order valence-electron chi connectivity index (χ4n) is 3.78. The molecule has 0 aliphatic carbocycles. The maximum absolute atomic E-state index is 13.3. The molecule has 0 bridgehead atoms. The molecule has 182 valence electrons. The molecule has 35 heavy (non-hydrogen) atoms. The smallest absolute Gasteiger partial charge is 0.471 e. The maximum atomic E-state index is 13.3. The number of hydrogen-bond acceptors (Lipinski definition) is 3. The normalized spacial score (nSPS) is 13.5. The number of fused-ring (bicyclic) bond motifs is 1. The summed E-state index contributed by atoms with van der Waals surface area (Å²) in [6.07, 6.45) is -4.37. The van der Waals surface area contributed by atoms with E-state index in [4.69, 9.17) is 16.3 Å². The number of aromatic nitrogens is 2. The minimum absolute atomic E-state index is 0.364. The van der Waals surface area contributed by atoms with Crippen LogP contribution in [-0.2, 0) is 4.79 Å². The number of hydrogen-bond donors (Lipinski definition) is 1. The summed E-state index contributed by atoms with van der Waals surface area (Å²) in [5.74, 6) is -2.05. The molecule has 0 aliphatic rings. The largest absolute Gasteiger partial charge is 0.484 e. The third-order valence-electron chi connectivity index (χ3n) is 5.48.